The lowest BCUT2D eigenvalue weighted by molar-refractivity contribution is -0.115. The van der Waals surface area contributed by atoms with Gasteiger partial charge in [-0.2, -0.15) is 4.76 Å². The van der Waals surface area contributed by atoms with Crippen LogP contribution in [0.4, 0.5) is 0 Å². The van der Waals surface area contributed by atoms with E-state index in [4.69, 9.17) is 9.79 Å². The Morgan fingerprint density at radius 3 is 2.46 bits per heavy atom. The Labute approximate surface area is 138 Å². The van der Waals surface area contributed by atoms with Gasteiger partial charge in [-0.15, -0.1) is 0 Å². The van der Waals surface area contributed by atoms with Crippen LogP contribution in [0.5, 0.6) is 5.75 Å². The molecule has 1 unspecified atom stereocenters. The molecule has 0 spiro atoms. The number of phenolic OH excluding ortho intramolecular Hbond substituents is 1. The highest BCUT2D eigenvalue weighted by molar-refractivity contribution is 7.50. The molecule has 0 fully saturated rings. The highest BCUT2D eigenvalue weighted by Gasteiger charge is 2.24. The molecule has 1 aliphatic carbocycles. The molecule has 0 heterocycles. The van der Waals surface area contributed by atoms with Crippen LogP contribution in [0, 0.1) is 0 Å². The molecule has 0 aliphatic heterocycles. The number of aliphatic hydroxyl groups excluding tert-OH is 1. The SMILES string of the molecule is CC(CC(=O)C1=CC(O)=CCC1=NP(=O)(O)O)c1ccc(O)cc1. The van der Waals surface area contributed by atoms with E-state index in [1.165, 1.54) is 24.3 Å². The van der Waals surface area contributed by atoms with Gasteiger partial charge >= 0.3 is 7.75 Å². The van der Waals surface area contributed by atoms with E-state index in [1.807, 2.05) is 6.92 Å². The van der Waals surface area contributed by atoms with Crippen LogP contribution >= 0.6 is 7.75 Å². The minimum Gasteiger partial charge on any atom is -0.508 e. The summed E-state index contributed by atoms with van der Waals surface area (Å²) < 4.78 is 14.4. The smallest absolute Gasteiger partial charge is 0.448 e. The monoisotopic (exact) mass is 351 g/mol. The maximum absolute atomic E-state index is 12.5. The average Bonchev–Trinajstić information content (AvgIpc) is 2.48. The van der Waals surface area contributed by atoms with Crippen LogP contribution in [-0.4, -0.2) is 31.5 Å². The number of benzene rings is 1. The first-order valence-corrected chi connectivity index (χ1v) is 8.80. The van der Waals surface area contributed by atoms with Crippen LogP contribution in [0.15, 0.2) is 52.5 Å². The molecule has 1 atom stereocenters. The number of rotatable bonds is 5. The Balaban J connectivity index is 2.22. The van der Waals surface area contributed by atoms with Gasteiger partial charge in [0.15, 0.2) is 5.78 Å². The zero-order chi connectivity index (χ0) is 17.9. The number of hydrogen-bond donors (Lipinski definition) is 4. The van der Waals surface area contributed by atoms with Gasteiger partial charge in [0.1, 0.15) is 11.5 Å². The van der Waals surface area contributed by atoms with Crippen LogP contribution in [0.25, 0.3) is 0 Å². The van der Waals surface area contributed by atoms with Crippen molar-refractivity contribution in [1.82, 2.24) is 0 Å². The fraction of sp³-hybridized carbons (Fsp3) is 0.250. The second-order valence-corrected chi connectivity index (χ2v) is 6.80. The Hall–Kier alpha value is -2.21. The molecule has 4 N–H and O–H groups in total. The predicted molar refractivity (Wildman–Crippen MR) is 89.0 cm³/mol. The molecule has 8 heteroatoms. The summed E-state index contributed by atoms with van der Waals surface area (Å²) in [6, 6.07) is 6.44. The molecular weight excluding hydrogens is 333 g/mol. The molecule has 0 saturated heterocycles. The standard InChI is InChI=1S/C16H18NO6P/c1-10(11-2-4-12(18)5-3-11)8-16(20)14-9-13(19)6-7-15(14)17-24(21,22)23/h2-6,9-10,18-19H,7-8H2,1H3,(H2,21,22,23). The second-order valence-electron chi connectivity index (χ2n) is 5.57. The van der Waals surface area contributed by atoms with Crippen molar-refractivity contribution < 1.29 is 29.4 Å². The number of allylic oxidation sites excluding steroid dienone is 3. The van der Waals surface area contributed by atoms with Gasteiger partial charge in [0.2, 0.25) is 0 Å². The number of Topliss-reactive ketones (excluding diaryl/α,β-unsaturated/α-hetero) is 1. The van der Waals surface area contributed by atoms with E-state index in [9.17, 15) is 19.6 Å². The van der Waals surface area contributed by atoms with E-state index in [-0.39, 0.29) is 47.3 Å². The zero-order valence-electron chi connectivity index (χ0n) is 13.0. The van der Waals surface area contributed by atoms with Gasteiger partial charge < -0.3 is 20.0 Å². The van der Waals surface area contributed by atoms with Crippen molar-refractivity contribution in [2.45, 2.75) is 25.7 Å². The fourth-order valence-corrected chi connectivity index (χ4v) is 2.91. The summed E-state index contributed by atoms with van der Waals surface area (Å²) in [6.45, 7) is 1.82. The molecule has 0 aromatic heterocycles. The summed E-state index contributed by atoms with van der Waals surface area (Å²) in [7, 11) is -4.67. The summed E-state index contributed by atoms with van der Waals surface area (Å²) in [5, 5.41) is 18.9. The largest absolute Gasteiger partial charge is 0.508 e. The first kappa shape index (κ1) is 18.1. The summed E-state index contributed by atoms with van der Waals surface area (Å²) in [5.74, 6) is -0.565. The van der Waals surface area contributed by atoms with Crippen LogP contribution in [0.3, 0.4) is 0 Å². The lowest BCUT2D eigenvalue weighted by atomic mass is 9.89. The second kappa shape index (κ2) is 7.13. The Morgan fingerprint density at radius 1 is 1.25 bits per heavy atom. The van der Waals surface area contributed by atoms with E-state index in [1.54, 1.807) is 12.1 Å². The molecule has 2 rings (SSSR count). The van der Waals surface area contributed by atoms with Gasteiger partial charge in [0.25, 0.3) is 0 Å². The summed E-state index contributed by atoms with van der Waals surface area (Å²) in [6.07, 6.45) is 2.55. The van der Waals surface area contributed by atoms with Gasteiger partial charge in [-0.25, -0.2) is 4.57 Å². The summed E-state index contributed by atoms with van der Waals surface area (Å²) in [5.41, 5.74) is 0.804. The van der Waals surface area contributed by atoms with Crippen molar-refractivity contribution in [3.8, 4) is 5.75 Å². The summed E-state index contributed by atoms with van der Waals surface area (Å²) >= 11 is 0. The Kier molecular flexibility index (Phi) is 5.39. The number of hydrogen-bond acceptors (Lipinski definition) is 4. The van der Waals surface area contributed by atoms with Crippen molar-refractivity contribution in [1.29, 1.82) is 0 Å². The number of nitrogens with zero attached hydrogens (tertiary/aromatic N) is 1. The first-order valence-electron chi connectivity index (χ1n) is 7.23. The molecule has 1 aromatic carbocycles. The first-order chi connectivity index (χ1) is 11.2. The van der Waals surface area contributed by atoms with E-state index < -0.39 is 7.75 Å². The zero-order valence-corrected chi connectivity index (χ0v) is 13.8. The third-order valence-electron chi connectivity index (χ3n) is 3.61. The van der Waals surface area contributed by atoms with Crippen molar-refractivity contribution >= 4 is 19.2 Å². The van der Waals surface area contributed by atoms with E-state index in [0.717, 1.165) is 5.56 Å². The maximum Gasteiger partial charge on any atom is 0.448 e. The lowest BCUT2D eigenvalue weighted by Gasteiger charge is -2.16. The van der Waals surface area contributed by atoms with Gasteiger partial charge in [-0.1, -0.05) is 19.1 Å². The Bertz CT molecular complexity index is 772. The van der Waals surface area contributed by atoms with E-state index in [2.05, 4.69) is 4.76 Å². The minimum atomic E-state index is -4.67. The molecule has 0 bridgehead atoms. The van der Waals surface area contributed by atoms with Crippen molar-refractivity contribution in [3.63, 3.8) is 0 Å². The quantitative estimate of drug-likeness (QED) is 0.604. The number of carbonyl (C=O) groups excluding carboxylic acids is 1. The minimum absolute atomic E-state index is 0.00366. The molecule has 0 amide bonds. The predicted octanol–water partition coefficient (Wildman–Crippen LogP) is 2.76. The number of phenols is 1. The third kappa shape index (κ3) is 4.89. The molecule has 1 aliphatic rings. The van der Waals surface area contributed by atoms with E-state index >= 15 is 0 Å². The van der Waals surface area contributed by atoms with Crippen LogP contribution in [-0.2, 0) is 9.36 Å². The van der Waals surface area contributed by atoms with Crippen molar-refractivity contribution in [2.24, 2.45) is 4.76 Å². The molecule has 0 saturated carbocycles. The average molecular weight is 351 g/mol. The van der Waals surface area contributed by atoms with E-state index in [0.29, 0.717) is 0 Å². The highest BCUT2D eigenvalue weighted by Crippen LogP contribution is 2.38. The molecular formula is C16H18NO6P. The van der Waals surface area contributed by atoms with Crippen LogP contribution < -0.4 is 0 Å². The normalized spacial score (nSPS) is 18.0. The Morgan fingerprint density at radius 2 is 1.88 bits per heavy atom. The number of aliphatic hydroxyl groups is 1. The van der Waals surface area contributed by atoms with Gasteiger partial charge in [-0.3, -0.25) is 4.79 Å². The molecule has 128 valence electrons. The fourth-order valence-electron chi connectivity index (χ4n) is 2.40. The maximum atomic E-state index is 12.5. The topological polar surface area (TPSA) is 127 Å². The molecule has 1 aromatic rings. The molecule has 0 radical (unpaired) electrons. The molecule has 7 nitrogen and oxygen atoms in total. The van der Waals surface area contributed by atoms with Crippen molar-refractivity contribution in [3.05, 3.63) is 53.3 Å². The number of aromatic hydroxyl groups is 1. The third-order valence-corrected chi connectivity index (χ3v) is 4.11. The lowest BCUT2D eigenvalue weighted by Crippen LogP contribution is -2.17. The number of carbonyl (C=O) groups is 1. The van der Waals surface area contributed by atoms with Gasteiger partial charge in [0, 0.05) is 18.4 Å². The molecule has 24 heavy (non-hydrogen) atoms. The highest BCUT2D eigenvalue weighted by atomic mass is 31.2. The van der Waals surface area contributed by atoms with Crippen LogP contribution in [0.1, 0.15) is 31.2 Å². The summed E-state index contributed by atoms with van der Waals surface area (Å²) in [4.78, 5) is 30.5. The van der Waals surface area contributed by atoms with Crippen LogP contribution in [0.2, 0.25) is 0 Å². The van der Waals surface area contributed by atoms with Crippen molar-refractivity contribution in [2.75, 3.05) is 0 Å². The van der Waals surface area contributed by atoms with Gasteiger partial charge in [0.05, 0.1) is 5.71 Å². The van der Waals surface area contributed by atoms with Gasteiger partial charge in [-0.05, 0) is 35.8 Å². The number of ketones is 1.